The summed E-state index contributed by atoms with van der Waals surface area (Å²) in [6, 6.07) is 5.35. The fourth-order valence-corrected chi connectivity index (χ4v) is 3.30. The number of aromatic nitrogens is 1. The van der Waals surface area contributed by atoms with Crippen LogP contribution < -0.4 is 15.9 Å². The van der Waals surface area contributed by atoms with E-state index >= 15 is 0 Å². The van der Waals surface area contributed by atoms with E-state index in [-0.39, 0.29) is 34.2 Å². The molecule has 10 heteroatoms. The van der Waals surface area contributed by atoms with Crippen molar-refractivity contribution >= 4 is 46.4 Å². The topological polar surface area (TPSA) is 118 Å². The van der Waals surface area contributed by atoms with Crippen LogP contribution in [0.2, 0.25) is 0 Å². The number of rotatable bonds is 6. The highest BCUT2D eigenvalue weighted by Crippen LogP contribution is 2.29. The Labute approximate surface area is 152 Å². The van der Waals surface area contributed by atoms with Gasteiger partial charge in [0, 0.05) is 11.6 Å². The predicted molar refractivity (Wildman–Crippen MR) is 98.5 cm³/mol. The summed E-state index contributed by atoms with van der Waals surface area (Å²) in [7, 11) is 0. The normalized spacial score (nSPS) is 10.6. The molecule has 0 unspecified atom stereocenters. The molecule has 134 valence electrons. The van der Waals surface area contributed by atoms with Gasteiger partial charge in [-0.05, 0) is 44.4 Å². The van der Waals surface area contributed by atoms with E-state index in [0.29, 0.717) is 9.22 Å². The Kier molecular flexibility index (Phi) is 6.37. The maximum Gasteiger partial charge on any atom is 0.265 e. The molecule has 0 saturated carbocycles. The monoisotopic (exact) mass is 381 g/mol. The van der Waals surface area contributed by atoms with Crippen LogP contribution >= 0.6 is 23.1 Å². The quantitative estimate of drug-likeness (QED) is 0.520. The van der Waals surface area contributed by atoms with Crippen LogP contribution in [0.4, 0.5) is 11.5 Å². The van der Waals surface area contributed by atoms with Gasteiger partial charge in [0.1, 0.15) is 4.88 Å². The third-order valence-electron chi connectivity index (χ3n) is 2.99. The number of anilines is 2. The van der Waals surface area contributed by atoms with Gasteiger partial charge in [-0.2, -0.15) is 0 Å². The largest absolute Gasteiger partial charge is 0.733 e. The van der Waals surface area contributed by atoms with E-state index in [0.717, 1.165) is 0 Å². The van der Waals surface area contributed by atoms with Gasteiger partial charge in [-0.3, -0.25) is 14.8 Å². The summed E-state index contributed by atoms with van der Waals surface area (Å²) in [5.41, 5.74) is 0.270. The van der Waals surface area contributed by atoms with E-state index in [1.54, 1.807) is 0 Å². The maximum absolute atomic E-state index is 12.4. The van der Waals surface area contributed by atoms with E-state index < -0.39 is 5.91 Å². The molecule has 0 aliphatic carbocycles. The van der Waals surface area contributed by atoms with E-state index in [2.05, 4.69) is 15.6 Å². The number of carbonyl (C=O) groups excluding carboxylic acids is 2. The van der Waals surface area contributed by atoms with Crippen LogP contribution in [0, 0.1) is 5.21 Å². The SMILES string of the molecule is CSc1nc(NC(=O)c2ccc(N([O-])O)cc2)c(C(=O)NC(C)C)s1. The number of thioether (sulfide) groups is 1. The van der Waals surface area contributed by atoms with Crippen LogP contribution in [0.25, 0.3) is 0 Å². The molecule has 1 aromatic heterocycles. The molecular weight excluding hydrogens is 364 g/mol. The highest BCUT2D eigenvalue weighted by Gasteiger charge is 2.20. The molecule has 1 heterocycles. The Bertz CT molecular complexity index is 759. The lowest BCUT2D eigenvalue weighted by atomic mass is 10.2. The summed E-state index contributed by atoms with van der Waals surface area (Å²) in [4.78, 5) is 29.2. The third-order valence-corrected chi connectivity index (χ3v) is 5.03. The van der Waals surface area contributed by atoms with Crippen molar-refractivity contribution in [3.8, 4) is 0 Å². The van der Waals surface area contributed by atoms with Gasteiger partial charge in [-0.1, -0.05) is 11.8 Å². The average molecular weight is 381 g/mol. The highest BCUT2D eigenvalue weighted by atomic mass is 32.2. The van der Waals surface area contributed by atoms with Crippen molar-refractivity contribution in [2.45, 2.75) is 24.2 Å². The van der Waals surface area contributed by atoms with Gasteiger partial charge in [0.2, 0.25) is 0 Å². The molecule has 8 nitrogen and oxygen atoms in total. The number of hydrogen-bond acceptors (Lipinski definition) is 8. The lowest BCUT2D eigenvalue weighted by Gasteiger charge is -2.21. The van der Waals surface area contributed by atoms with Crippen molar-refractivity contribution in [3.05, 3.63) is 39.9 Å². The summed E-state index contributed by atoms with van der Waals surface area (Å²) in [5, 5.41) is 24.7. The molecule has 1 aromatic carbocycles. The minimum atomic E-state index is -0.474. The highest BCUT2D eigenvalue weighted by molar-refractivity contribution is 8.00. The number of thiazole rings is 1. The zero-order valence-electron chi connectivity index (χ0n) is 13.8. The molecule has 2 rings (SSSR count). The van der Waals surface area contributed by atoms with Crippen LogP contribution in [0.3, 0.4) is 0 Å². The van der Waals surface area contributed by atoms with Crippen molar-refractivity contribution in [1.29, 1.82) is 0 Å². The summed E-state index contributed by atoms with van der Waals surface area (Å²) in [5.74, 6) is -0.589. The van der Waals surface area contributed by atoms with Crippen molar-refractivity contribution in [2.24, 2.45) is 0 Å². The van der Waals surface area contributed by atoms with E-state index in [1.807, 2.05) is 20.1 Å². The lowest BCUT2D eigenvalue weighted by Crippen LogP contribution is -2.30. The smallest absolute Gasteiger partial charge is 0.265 e. The first-order valence-electron chi connectivity index (χ1n) is 7.25. The van der Waals surface area contributed by atoms with Crippen molar-refractivity contribution in [3.63, 3.8) is 0 Å². The Morgan fingerprint density at radius 3 is 2.44 bits per heavy atom. The van der Waals surface area contributed by atoms with Gasteiger partial charge in [0.05, 0.1) is 5.69 Å². The van der Waals surface area contributed by atoms with Crippen molar-refractivity contribution in [2.75, 3.05) is 16.8 Å². The molecule has 0 fully saturated rings. The van der Waals surface area contributed by atoms with Crippen molar-refractivity contribution < 1.29 is 14.8 Å². The molecule has 0 radical (unpaired) electrons. The maximum atomic E-state index is 12.4. The Hall–Kier alpha value is -2.14. The van der Waals surface area contributed by atoms with Gasteiger partial charge >= 0.3 is 0 Å². The van der Waals surface area contributed by atoms with Gasteiger partial charge in [0.25, 0.3) is 11.8 Å². The molecule has 3 N–H and O–H groups in total. The number of nitrogens with one attached hydrogen (secondary N) is 2. The van der Waals surface area contributed by atoms with Crippen LogP contribution in [0.1, 0.15) is 33.9 Å². The Balaban J connectivity index is 2.22. The molecule has 0 aliphatic heterocycles. The van der Waals surface area contributed by atoms with Gasteiger partial charge in [-0.15, -0.1) is 11.3 Å². The molecule has 0 atom stereocenters. The number of carbonyl (C=O) groups is 2. The summed E-state index contributed by atoms with van der Waals surface area (Å²) >= 11 is 2.57. The Morgan fingerprint density at radius 1 is 1.28 bits per heavy atom. The number of benzene rings is 1. The molecular formula is C15H17N4O4S2-. The molecule has 2 amide bonds. The van der Waals surface area contributed by atoms with Crippen LogP contribution in [-0.2, 0) is 0 Å². The minimum absolute atomic E-state index is 0.00637. The molecule has 2 aromatic rings. The first kappa shape index (κ1) is 19.2. The number of amides is 2. The standard InChI is InChI=1S/C15H17N4O4S2/c1-8(2)16-14(21)11-12(18-15(24-3)25-11)17-13(20)9-4-6-10(7-5-9)19(22)23/h4-8,22H,1-3H3,(H,16,21)(H,17,20)/q-1. The van der Waals surface area contributed by atoms with E-state index in [9.17, 15) is 14.8 Å². The minimum Gasteiger partial charge on any atom is -0.733 e. The second-order valence-electron chi connectivity index (χ2n) is 5.26. The first-order chi connectivity index (χ1) is 11.8. The predicted octanol–water partition coefficient (Wildman–Crippen LogP) is 2.95. The van der Waals surface area contributed by atoms with E-state index in [1.165, 1.54) is 47.4 Å². The fraction of sp³-hybridized carbons (Fsp3) is 0.267. The second kappa shape index (κ2) is 8.30. The molecule has 0 saturated heterocycles. The Morgan fingerprint density at radius 2 is 1.92 bits per heavy atom. The van der Waals surface area contributed by atoms with Crippen LogP contribution in [0.5, 0.6) is 0 Å². The molecule has 25 heavy (non-hydrogen) atoms. The first-order valence-corrected chi connectivity index (χ1v) is 9.29. The van der Waals surface area contributed by atoms with Gasteiger partial charge in [0.15, 0.2) is 10.2 Å². The van der Waals surface area contributed by atoms with Crippen LogP contribution in [0.15, 0.2) is 28.6 Å². The van der Waals surface area contributed by atoms with Gasteiger partial charge in [-0.25, -0.2) is 4.98 Å². The van der Waals surface area contributed by atoms with Crippen LogP contribution in [-0.4, -0.2) is 34.3 Å². The summed E-state index contributed by atoms with van der Waals surface area (Å²) in [6.07, 6.45) is 1.83. The van der Waals surface area contributed by atoms with Gasteiger partial charge < -0.3 is 21.1 Å². The number of nitrogens with zero attached hydrogens (tertiary/aromatic N) is 2. The zero-order chi connectivity index (χ0) is 18.6. The average Bonchev–Trinajstić information content (AvgIpc) is 2.97. The third kappa shape index (κ3) is 4.92. The molecule has 0 aliphatic rings. The molecule has 0 bridgehead atoms. The summed E-state index contributed by atoms with van der Waals surface area (Å²) in [6.45, 7) is 3.68. The molecule has 0 spiro atoms. The second-order valence-corrected chi connectivity index (χ2v) is 7.32. The fourth-order valence-electron chi connectivity index (χ4n) is 1.87. The van der Waals surface area contributed by atoms with E-state index in [4.69, 9.17) is 5.21 Å². The number of hydrogen-bond donors (Lipinski definition) is 3. The van der Waals surface area contributed by atoms with Crippen molar-refractivity contribution in [1.82, 2.24) is 10.3 Å². The summed E-state index contributed by atoms with van der Waals surface area (Å²) < 4.78 is 0.654. The zero-order valence-corrected chi connectivity index (χ0v) is 15.4. The lowest BCUT2D eigenvalue weighted by molar-refractivity contribution is 0.0948.